The van der Waals surface area contributed by atoms with Crippen LogP contribution in [0.25, 0.3) is 5.69 Å². The lowest BCUT2D eigenvalue weighted by atomic mass is 10.2. The fourth-order valence-electron chi connectivity index (χ4n) is 1.63. The van der Waals surface area contributed by atoms with Crippen LogP contribution in [0.3, 0.4) is 0 Å². The molecule has 5 nitrogen and oxygen atoms in total. The minimum absolute atomic E-state index is 0.303. The van der Waals surface area contributed by atoms with Crippen LogP contribution < -0.4 is 5.32 Å². The smallest absolute Gasteiger partial charge is 0.272 e. The maximum Gasteiger partial charge on any atom is 0.272 e. The number of nitrogens with one attached hydrogen (secondary N) is 1. The van der Waals surface area contributed by atoms with Crippen molar-refractivity contribution in [3.05, 3.63) is 48.3 Å². The number of rotatable bonds is 4. The zero-order valence-corrected chi connectivity index (χ0v) is 10.6. The van der Waals surface area contributed by atoms with E-state index in [2.05, 4.69) is 10.4 Å². The minimum Gasteiger partial charge on any atom is -0.335 e. The lowest BCUT2D eigenvalue weighted by Gasteiger charge is -2.06. The van der Waals surface area contributed by atoms with Crippen LogP contribution in [0.2, 0.25) is 0 Å². The second kappa shape index (κ2) is 5.83. The molecule has 1 aromatic heterocycles. The molecule has 0 aliphatic heterocycles. The molecule has 2 rings (SSSR count). The molecular formula is C14H14N4O. The second-order valence-electron chi connectivity index (χ2n) is 4.04. The van der Waals surface area contributed by atoms with Gasteiger partial charge in [-0.05, 0) is 24.6 Å². The lowest BCUT2D eigenvalue weighted by Crippen LogP contribution is -2.33. The first-order valence-corrected chi connectivity index (χ1v) is 6.06. The number of benzene rings is 1. The zero-order chi connectivity index (χ0) is 13.7. The van der Waals surface area contributed by atoms with Gasteiger partial charge in [0.25, 0.3) is 5.91 Å². The largest absolute Gasteiger partial charge is 0.335 e. The van der Waals surface area contributed by atoms with Gasteiger partial charge in [-0.3, -0.25) is 4.79 Å². The van der Waals surface area contributed by atoms with Crippen molar-refractivity contribution < 1.29 is 4.79 Å². The maximum absolute atomic E-state index is 11.9. The monoisotopic (exact) mass is 254 g/mol. The third-order valence-corrected chi connectivity index (χ3v) is 2.71. The van der Waals surface area contributed by atoms with Gasteiger partial charge in [0.15, 0.2) is 5.69 Å². The summed E-state index contributed by atoms with van der Waals surface area (Å²) in [6.07, 6.45) is 2.29. The Hall–Kier alpha value is -2.61. The maximum atomic E-state index is 11.9. The van der Waals surface area contributed by atoms with E-state index in [1.165, 1.54) is 0 Å². The molecule has 5 heteroatoms. The van der Waals surface area contributed by atoms with Gasteiger partial charge < -0.3 is 5.32 Å². The van der Waals surface area contributed by atoms with E-state index in [1.807, 2.05) is 43.3 Å². The van der Waals surface area contributed by atoms with E-state index in [0.717, 1.165) is 5.69 Å². The molecule has 0 aliphatic carbocycles. The number of carbonyl (C=O) groups excluding carboxylic acids is 1. The van der Waals surface area contributed by atoms with Crippen LogP contribution in [-0.2, 0) is 0 Å². The minimum atomic E-state index is -0.477. The van der Waals surface area contributed by atoms with Gasteiger partial charge in [0, 0.05) is 6.20 Å². The average molecular weight is 254 g/mol. The number of amides is 1. The predicted octanol–water partition coefficient (Wildman–Crippen LogP) is 1.90. The van der Waals surface area contributed by atoms with E-state index in [0.29, 0.717) is 12.1 Å². The molecule has 1 unspecified atom stereocenters. The van der Waals surface area contributed by atoms with E-state index in [9.17, 15) is 4.79 Å². The van der Waals surface area contributed by atoms with Gasteiger partial charge in [0.05, 0.1) is 11.8 Å². The summed E-state index contributed by atoms with van der Waals surface area (Å²) in [4.78, 5) is 11.9. The third-order valence-electron chi connectivity index (χ3n) is 2.71. The van der Waals surface area contributed by atoms with Gasteiger partial charge >= 0.3 is 0 Å². The van der Waals surface area contributed by atoms with Crippen LogP contribution in [0.4, 0.5) is 0 Å². The second-order valence-corrected chi connectivity index (χ2v) is 4.04. The molecule has 96 valence electrons. The van der Waals surface area contributed by atoms with E-state index in [1.54, 1.807) is 16.9 Å². The van der Waals surface area contributed by atoms with Gasteiger partial charge in [0.2, 0.25) is 0 Å². The number of aromatic nitrogens is 2. The van der Waals surface area contributed by atoms with Crippen LogP contribution in [0, 0.1) is 11.3 Å². The van der Waals surface area contributed by atoms with Crippen molar-refractivity contribution in [2.75, 3.05) is 0 Å². The Balaban J connectivity index is 2.14. The molecule has 19 heavy (non-hydrogen) atoms. The Morgan fingerprint density at radius 1 is 1.42 bits per heavy atom. The first-order chi connectivity index (χ1) is 9.24. The molecule has 1 aromatic carbocycles. The van der Waals surface area contributed by atoms with Gasteiger partial charge in [-0.2, -0.15) is 10.4 Å². The van der Waals surface area contributed by atoms with Gasteiger partial charge in [-0.15, -0.1) is 0 Å². The summed E-state index contributed by atoms with van der Waals surface area (Å²) in [6.45, 7) is 1.84. The van der Waals surface area contributed by atoms with Crippen molar-refractivity contribution >= 4 is 5.91 Å². The van der Waals surface area contributed by atoms with Crippen molar-refractivity contribution in [3.8, 4) is 11.8 Å². The summed E-state index contributed by atoms with van der Waals surface area (Å²) in [7, 11) is 0. The summed E-state index contributed by atoms with van der Waals surface area (Å²) in [5.74, 6) is -0.330. The normalized spacial score (nSPS) is 11.6. The SMILES string of the molecule is CCC(C#N)NC(=O)c1ccn(-c2ccccc2)n1. The van der Waals surface area contributed by atoms with Crippen molar-refractivity contribution in [1.82, 2.24) is 15.1 Å². The fraction of sp³-hybridized carbons (Fsp3) is 0.214. The molecular weight excluding hydrogens is 240 g/mol. The highest BCUT2D eigenvalue weighted by Gasteiger charge is 2.14. The van der Waals surface area contributed by atoms with Crippen molar-refractivity contribution in [2.45, 2.75) is 19.4 Å². The summed E-state index contributed by atoms with van der Waals surface area (Å²) in [5.41, 5.74) is 1.19. The zero-order valence-electron chi connectivity index (χ0n) is 10.6. The Bertz CT molecular complexity index is 597. The van der Waals surface area contributed by atoms with Crippen LogP contribution in [0.1, 0.15) is 23.8 Å². The first kappa shape index (κ1) is 12.8. The summed E-state index contributed by atoms with van der Waals surface area (Å²) in [5, 5.41) is 15.6. The first-order valence-electron chi connectivity index (χ1n) is 6.06. The molecule has 1 atom stereocenters. The molecule has 0 bridgehead atoms. The highest BCUT2D eigenvalue weighted by atomic mass is 16.2. The van der Waals surface area contributed by atoms with Crippen molar-refractivity contribution in [3.63, 3.8) is 0 Å². The number of para-hydroxylation sites is 1. The number of hydrogen-bond donors (Lipinski definition) is 1. The number of nitriles is 1. The molecule has 1 N–H and O–H groups in total. The van der Waals surface area contributed by atoms with Crippen LogP contribution >= 0.6 is 0 Å². The molecule has 1 amide bonds. The van der Waals surface area contributed by atoms with Gasteiger partial charge in [0.1, 0.15) is 6.04 Å². The van der Waals surface area contributed by atoms with Crippen LogP contribution in [-0.4, -0.2) is 21.7 Å². The molecule has 0 radical (unpaired) electrons. The Morgan fingerprint density at radius 2 is 2.16 bits per heavy atom. The standard InChI is InChI=1S/C14H14N4O/c1-2-11(10-15)16-14(19)13-8-9-18(17-13)12-6-4-3-5-7-12/h3-9,11H,2H2,1H3,(H,16,19). The number of carbonyl (C=O) groups is 1. The summed E-state index contributed by atoms with van der Waals surface area (Å²) < 4.78 is 1.63. The van der Waals surface area contributed by atoms with Crippen LogP contribution in [0.15, 0.2) is 42.6 Å². The molecule has 1 heterocycles. The number of hydrogen-bond acceptors (Lipinski definition) is 3. The average Bonchev–Trinajstić information content (AvgIpc) is 2.95. The number of nitrogens with zero attached hydrogens (tertiary/aromatic N) is 3. The highest BCUT2D eigenvalue weighted by molar-refractivity contribution is 5.92. The van der Waals surface area contributed by atoms with E-state index >= 15 is 0 Å². The molecule has 0 saturated heterocycles. The van der Waals surface area contributed by atoms with Crippen molar-refractivity contribution in [2.24, 2.45) is 0 Å². The Kier molecular flexibility index (Phi) is 3.94. The predicted molar refractivity (Wildman–Crippen MR) is 70.7 cm³/mol. The lowest BCUT2D eigenvalue weighted by molar-refractivity contribution is 0.0939. The Morgan fingerprint density at radius 3 is 2.79 bits per heavy atom. The van der Waals surface area contributed by atoms with Crippen LogP contribution in [0.5, 0.6) is 0 Å². The van der Waals surface area contributed by atoms with Gasteiger partial charge in [-0.25, -0.2) is 4.68 Å². The van der Waals surface area contributed by atoms with E-state index in [-0.39, 0.29) is 5.91 Å². The molecule has 0 fully saturated rings. The van der Waals surface area contributed by atoms with E-state index < -0.39 is 6.04 Å². The quantitative estimate of drug-likeness (QED) is 0.905. The fourth-order valence-corrected chi connectivity index (χ4v) is 1.63. The summed E-state index contributed by atoms with van der Waals surface area (Å²) in [6, 6.07) is 12.7. The van der Waals surface area contributed by atoms with Gasteiger partial charge in [-0.1, -0.05) is 25.1 Å². The van der Waals surface area contributed by atoms with E-state index in [4.69, 9.17) is 5.26 Å². The molecule has 2 aromatic rings. The molecule has 0 aliphatic rings. The molecule has 0 spiro atoms. The third kappa shape index (κ3) is 2.99. The molecule has 0 saturated carbocycles. The Labute approximate surface area is 111 Å². The summed E-state index contributed by atoms with van der Waals surface area (Å²) >= 11 is 0. The topological polar surface area (TPSA) is 70.7 Å². The highest BCUT2D eigenvalue weighted by Crippen LogP contribution is 2.07. The van der Waals surface area contributed by atoms with Crippen molar-refractivity contribution in [1.29, 1.82) is 5.26 Å².